The lowest BCUT2D eigenvalue weighted by Gasteiger charge is -2.15. The van der Waals surface area contributed by atoms with Crippen molar-refractivity contribution in [2.75, 3.05) is 27.3 Å². The molecule has 1 aromatic heterocycles. The molecule has 8 nitrogen and oxygen atoms in total. The number of aryl methyl sites for hydroxylation is 1. The highest BCUT2D eigenvalue weighted by Gasteiger charge is 2.23. The highest BCUT2D eigenvalue weighted by Crippen LogP contribution is 2.29. The minimum absolute atomic E-state index is 0.0817. The SMILES string of the molecule is COc1cc2ncn(CCCC(=O)N3CC[C@@H](N)C3)c(=O)c2cc1OC. The summed E-state index contributed by atoms with van der Waals surface area (Å²) in [5.41, 5.74) is 6.22. The van der Waals surface area contributed by atoms with Crippen LogP contribution in [0.25, 0.3) is 10.9 Å². The first kappa shape index (κ1) is 18.2. The van der Waals surface area contributed by atoms with Gasteiger partial charge in [0.2, 0.25) is 5.91 Å². The number of carbonyl (C=O) groups is 1. The van der Waals surface area contributed by atoms with Crippen LogP contribution in [0, 0.1) is 0 Å². The van der Waals surface area contributed by atoms with Gasteiger partial charge in [-0.05, 0) is 18.9 Å². The van der Waals surface area contributed by atoms with E-state index < -0.39 is 0 Å². The van der Waals surface area contributed by atoms with Crippen LogP contribution in [-0.4, -0.2) is 53.7 Å². The first-order valence-corrected chi connectivity index (χ1v) is 8.68. The van der Waals surface area contributed by atoms with Gasteiger partial charge in [-0.15, -0.1) is 0 Å². The van der Waals surface area contributed by atoms with Gasteiger partial charge in [0.15, 0.2) is 11.5 Å². The molecular formula is C18H24N4O4. The summed E-state index contributed by atoms with van der Waals surface area (Å²) >= 11 is 0. The molecule has 0 saturated carbocycles. The van der Waals surface area contributed by atoms with E-state index in [0.29, 0.717) is 48.3 Å². The van der Waals surface area contributed by atoms with Crippen LogP contribution >= 0.6 is 0 Å². The molecule has 140 valence electrons. The minimum atomic E-state index is -0.161. The largest absolute Gasteiger partial charge is 0.493 e. The van der Waals surface area contributed by atoms with E-state index in [1.807, 2.05) is 0 Å². The number of nitrogens with zero attached hydrogens (tertiary/aromatic N) is 3. The maximum atomic E-state index is 12.7. The fourth-order valence-electron chi connectivity index (χ4n) is 3.22. The number of hydrogen-bond donors (Lipinski definition) is 1. The molecule has 3 rings (SSSR count). The number of methoxy groups -OCH3 is 2. The molecule has 0 aliphatic carbocycles. The topological polar surface area (TPSA) is 99.7 Å². The second kappa shape index (κ2) is 7.74. The Morgan fingerprint density at radius 3 is 2.69 bits per heavy atom. The van der Waals surface area contributed by atoms with Gasteiger partial charge in [-0.1, -0.05) is 0 Å². The van der Waals surface area contributed by atoms with Crippen molar-refractivity contribution >= 4 is 16.8 Å². The second-order valence-corrected chi connectivity index (χ2v) is 6.46. The predicted octanol–water partition coefficient (Wildman–Crippen LogP) is 0.754. The third-order valence-corrected chi connectivity index (χ3v) is 4.70. The van der Waals surface area contributed by atoms with Gasteiger partial charge in [0.25, 0.3) is 5.56 Å². The number of nitrogens with two attached hydrogens (primary N) is 1. The first-order valence-electron chi connectivity index (χ1n) is 8.68. The Morgan fingerprint density at radius 2 is 2.04 bits per heavy atom. The fraction of sp³-hybridized carbons (Fsp3) is 0.500. The molecule has 0 bridgehead atoms. The number of amides is 1. The van der Waals surface area contributed by atoms with E-state index in [2.05, 4.69) is 4.98 Å². The van der Waals surface area contributed by atoms with E-state index in [4.69, 9.17) is 15.2 Å². The highest BCUT2D eigenvalue weighted by atomic mass is 16.5. The monoisotopic (exact) mass is 360 g/mol. The van der Waals surface area contributed by atoms with E-state index in [1.165, 1.54) is 25.1 Å². The van der Waals surface area contributed by atoms with Crippen molar-refractivity contribution in [2.24, 2.45) is 5.73 Å². The molecule has 1 fully saturated rings. The van der Waals surface area contributed by atoms with E-state index in [-0.39, 0.29) is 17.5 Å². The van der Waals surface area contributed by atoms with Gasteiger partial charge in [0.1, 0.15) is 0 Å². The minimum Gasteiger partial charge on any atom is -0.493 e. The van der Waals surface area contributed by atoms with Crippen molar-refractivity contribution in [3.63, 3.8) is 0 Å². The highest BCUT2D eigenvalue weighted by molar-refractivity contribution is 5.81. The molecule has 2 heterocycles. The maximum absolute atomic E-state index is 12.7. The summed E-state index contributed by atoms with van der Waals surface area (Å²) in [6, 6.07) is 3.40. The summed E-state index contributed by atoms with van der Waals surface area (Å²) in [5, 5.41) is 0.460. The van der Waals surface area contributed by atoms with E-state index in [0.717, 1.165) is 13.0 Å². The summed E-state index contributed by atoms with van der Waals surface area (Å²) in [7, 11) is 3.06. The van der Waals surface area contributed by atoms with Crippen LogP contribution in [0.4, 0.5) is 0 Å². The number of aromatic nitrogens is 2. The standard InChI is InChI=1S/C18H24N4O4/c1-25-15-8-13-14(9-16(15)26-2)20-11-22(18(13)24)6-3-4-17(23)21-7-5-12(19)10-21/h8-9,11-12H,3-7,10,19H2,1-2H3/t12-/m1/s1. The third kappa shape index (κ3) is 3.65. The summed E-state index contributed by atoms with van der Waals surface area (Å²) in [6.07, 6.45) is 3.33. The molecule has 26 heavy (non-hydrogen) atoms. The predicted molar refractivity (Wildman–Crippen MR) is 97.5 cm³/mol. The van der Waals surface area contributed by atoms with Crippen molar-refractivity contribution in [3.8, 4) is 11.5 Å². The quantitative estimate of drug-likeness (QED) is 0.816. The Kier molecular flexibility index (Phi) is 5.41. The number of likely N-dealkylation sites (tertiary alicyclic amines) is 1. The smallest absolute Gasteiger partial charge is 0.261 e. The molecule has 1 atom stereocenters. The summed E-state index contributed by atoms with van der Waals surface area (Å²) in [6.45, 7) is 1.78. The first-order chi connectivity index (χ1) is 12.5. The lowest BCUT2D eigenvalue weighted by atomic mass is 10.2. The molecule has 1 aromatic carbocycles. The van der Waals surface area contributed by atoms with Crippen LogP contribution in [0.5, 0.6) is 11.5 Å². The van der Waals surface area contributed by atoms with Crippen LogP contribution in [0.2, 0.25) is 0 Å². The van der Waals surface area contributed by atoms with Gasteiger partial charge in [-0.3, -0.25) is 14.2 Å². The molecule has 1 aliphatic rings. The average Bonchev–Trinajstić information content (AvgIpc) is 3.09. The number of fused-ring (bicyclic) bond motifs is 1. The van der Waals surface area contributed by atoms with Gasteiger partial charge in [-0.25, -0.2) is 4.98 Å². The number of hydrogen-bond acceptors (Lipinski definition) is 6. The third-order valence-electron chi connectivity index (χ3n) is 4.70. The fourth-order valence-corrected chi connectivity index (χ4v) is 3.22. The zero-order chi connectivity index (χ0) is 18.7. The van der Waals surface area contributed by atoms with Gasteiger partial charge >= 0.3 is 0 Å². The normalized spacial score (nSPS) is 16.9. The number of carbonyl (C=O) groups excluding carboxylic acids is 1. The Morgan fingerprint density at radius 1 is 1.31 bits per heavy atom. The van der Waals surface area contributed by atoms with Crippen LogP contribution in [0.3, 0.4) is 0 Å². The summed E-state index contributed by atoms with van der Waals surface area (Å²) < 4.78 is 12.0. The van der Waals surface area contributed by atoms with Crippen LogP contribution in [0.15, 0.2) is 23.3 Å². The van der Waals surface area contributed by atoms with Crippen molar-refractivity contribution in [3.05, 3.63) is 28.8 Å². The van der Waals surface area contributed by atoms with Crippen molar-refractivity contribution in [1.29, 1.82) is 0 Å². The van der Waals surface area contributed by atoms with Crippen LogP contribution in [-0.2, 0) is 11.3 Å². The molecule has 1 saturated heterocycles. The summed E-state index contributed by atoms with van der Waals surface area (Å²) in [4.78, 5) is 31.0. The Labute approximate surface area is 151 Å². The van der Waals surface area contributed by atoms with Gasteiger partial charge in [0.05, 0.1) is 31.4 Å². The lowest BCUT2D eigenvalue weighted by Crippen LogP contribution is -2.32. The molecule has 2 N–H and O–H groups in total. The van der Waals surface area contributed by atoms with E-state index >= 15 is 0 Å². The average molecular weight is 360 g/mol. The van der Waals surface area contributed by atoms with Crippen molar-refractivity contribution in [2.45, 2.75) is 31.8 Å². The van der Waals surface area contributed by atoms with Crippen LogP contribution in [0.1, 0.15) is 19.3 Å². The molecule has 1 aliphatic heterocycles. The lowest BCUT2D eigenvalue weighted by molar-refractivity contribution is -0.130. The Hall–Kier alpha value is -2.61. The number of benzene rings is 1. The molecule has 2 aromatic rings. The number of rotatable bonds is 6. The zero-order valence-corrected chi connectivity index (χ0v) is 15.1. The molecule has 8 heteroatoms. The molecule has 0 unspecified atom stereocenters. The second-order valence-electron chi connectivity index (χ2n) is 6.46. The summed E-state index contributed by atoms with van der Waals surface area (Å²) in [5.74, 6) is 1.10. The van der Waals surface area contributed by atoms with Gasteiger partial charge in [0, 0.05) is 38.2 Å². The molecular weight excluding hydrogens is 336 g/mol. The molecule has 0 radical (unpaired) electrons. The van der Waals surface area contributed by atoms with Gasteiger partial charge < -0.3 is 20.1 Å². The molecule has 1 amide bonds. The Bertz CT molecular complexity index is 864. The van der Waals surface area contributed by atoms with Crippen molar-refractivity contribution < 1.29 is 14.3 Å². The maximum Gasteiger partial charge on any atom is 0.261 e. The molecule has 0 spiro atoms. The Balaban J connectivity index is 1.71. The van der Waals surface area contributed by atoms with Crippen LogP contribution < -0.4 is 20.8 Å². The van der Waals surface area contributed by atoms with E-state index in [9.17, 15) is 9.59 Å². The zero-order valence-electron chi connectivity index (χ0n) is 15.1. The number of ether oxygens (including phenoxy) is 2. The van der Waals surface area contributed by atoms with Crippen molar-refractivity contribution in [1.82, 2.24) is 14.5 Å². The van der Waals surface area contributed by atoms with Gasteiger partial charge in [-0.2, -0.15) is 0 Å². The van der Waals surface area contributed by atoms with E-state index in [1.54, 1.807) is 17.0 Å².